The molecule has 3 aromatic rings. The number of hydrogen-bond acceptors (Lipinski definition) is 5. The van der Waals surface area contributed by atoms with Gasteiger partial charge >= 0.3 is 0 Å². The zero-order chi connectivity index (χ0) is 25.5. The third-order valence-electron chi connectivity index (χ3n) is 5.89. The maximum atomic E-state index is 13.1. The molecule has 1 aromatic heterocycles. The summed E-state index contributed by atoms with van der Waals surface area (Å²) >= 11 is 6.09. The lowest BCUT2D eigenvalue weighted by Gasteiger charge is -2.32. The van der Waals surface area contributed by atoms with Gasteiger partial charge in [-0.15, -0.1) is 0 Å². The first-order valence-electron chi connectivity index (χ1n) is 11.5. The van der Waals surface area contributed by atoms with Gasteiger partial charge in [0.1, 0.15) is 0 Å². The van der Waals surface area contributed by atoms with Gasteiger partial charge < -0.3 is 20.4 Å². The van der Waals surface area contributed by atoms with Crippen molar-refractivity contribution in [3.05, 3.63) is 83.1 Å². The minimum atomic E-state index is -1.92. The van der Waals surface area contributed by atoms with Crippen LogP contribution in [0.1, 0.15) is 50.4 Å². The van der Waals surface area contributed by atoms with Gasteiger partial charge in [-0.05, 0) is 61.7 Å². The van der Waals surface area contributed by atoms with Crippen LogP contribution < -0.4 is 5.32 Å². The number of nitrogens with one attached hydrogen (secondary N) is 1. The van der Waals surface area contributed by atoms with Crippen LogP contribution in [0.25, 0.3) is 5.69 Å². The van der Waals surface area contributed by atoms with Crippen molar-refractivity contribution in [2.24, 2.45) is 0 Å². The molecular formula is C26H31ClN4O4. The smallest absolute Gasteiger partial charge is 0.255 e. The largest absolute Gasteiger partial charge is 0.380 e. The van der Waals surface area contributed by atoms with Crippen molar-refractivity contribution in [1.29, 1.82) is 0 Å². The van der Waals surface area contributed by atoms with Gasteiger partial charge in [0.05, 0.1) is 17.8 Å². The number of aliphatic hydroxyl groups excluding tert-OH is 2. The normalized spacial score (nSPS) is 14.6. The molecular weight excluding hydrogens is 468 g/mol. The number of halogens is 1. The summed E-state index contributed by atoms with van der Waals surface area (Å²) in [4.78, 5) is 27.2. The van der Waals surface area contributed by atoms with Crippen molar-refractivity contribution in [2.45, 2.75) is 51.5 Å². The number of nitrogens with zero attached hydrogens (tertiary/aromatic N) is 3. The van der Waals surface area contributed by atoms with Crippen LogP contribution in [0, 0.1) is 0 Å². The van der Waals surface area contributed by atoms with E-state index in [0.29, 0.717) is 18.0 Å². The number of rotatable bonds is 10. The monoisotopic (exact) mass is 498 g/mol. The summed E-state index contributed by atoms with van der Waals surface area (Å²) in [5.41, 5.74) is 2.45. The van der Waals surface area contributed by atoms with Gasteiger partial charge in [0.25, 0.3) is 11.8 Å². The summed E-state index contributed by atoms with van der Waals surface area (Å²) < 4.78 is 1.71. The Hall–Kier alpha value is -3.20. The third-order valence-corrected chi connectivity index (χ3v) is 6.12. The summed E-state index contributed by atoms with van der Waals surface area (Å²) in [5.74, 6) is -1.56. The van der Waals surface area contributed by atoms with Crippen LogP contribution in [0.4, 0.5) is 0 Å². The van der Waals surface area contributed by atoms with E-state index in [-0.39, 0.29) is 0 Å². The molecule has 0 spiro atoms. The van der Waals surface area contributed by atoms with Crippen LogP contribution in [0.3, 0.4) is 0 Å². The lowest BCUT2D eigenvalue weighted by Crippen LogP contribution is -2.51. The molecule has 2 aromatic carbocycles. The van der Waals surface area contributed by atoms with Crippen molar-refractivity contribution in [3.63, 3.8) is 0 Å². The fourth-order valence-electron chi connectivity index (χ4n) is 3.85. The highest BCUT2D eigenvalue weighted by Crippen LogP contribution is 2.24. The van der Waals surface area contributed by atoms with Crippen molar-refractivity contribution in [3.8, 4) is 5.69 Å². The highest BCUT2D eigenvalue weighted by molar-refractivity contribution is 6.30. The number of hydrogen-bond donors (Lipinski definition) is 3. The molecule has 9 heteroatoms. The molecule has 0 aliphatic heterocycles. The maximum absolute atomic E-state index is 13.1. The molecule has 3 rings (SSSR count). The molecule has 0 saturated carbocycles. The van der Waals surface area contributed by atoms with Crippen molar-refractivity contribution >= 4 is 23.4 Å². The lowest BCUT2D eigenvalue weighted by atomic mass is 10.0. The SMILES string of the molecule is CCCN(C(=O)[C@H](O)[C@@H](O)C(=O)N[C@H](C)c1ccc(-n2cccn2)cc1)C(C)c1cccc(Cl)c1. The fourth-order valence-corrected chi connectivity index (χ4v) is 4.05. The third kappa shape index (κ3) is 6.48. The second-order valence-electron chi connectivity index (χ2n) is 8.42. The average Bonchev–Trinajstić information content (AvgIpc) is 3.40. The predicted molar refractivity (Wildman–Crippen MR) is 134 cm³/mol. The van der Waals surface area contributed by atoms with Crippen molar-refractivity contribution < 1.29 is 19.8 Å². The van der Waals surface area contributed by atoms with Gasteiger partial charge in [-0.25, -0.2) is 4.68 Å². The molecule has 1 heterocycles. The van der Waals surface area contributed by atoms with Gasteiger partial charge in [0.2, 0.25) is 0 Å². The Bertz CT molecular complexity index is 1120. The van der Waals surface area contributed by atoms with E-state index in [1.165, 1.54) is 4.90 Å². The van der Waals surface area contributed by atoms with Crippen LogP contribution in [-0.2, 0) is 9.59 Å². The first kappa shape index (κ1) is 26.4. The predicted octanol–water partition coefficient (Wildman–Crippen LogP) is 3.42. The summed E-state index contributed by atoms with van der Waals surface area (Å²) in [5, 5.41) is 28.5. The minimum Gasteiger partial charge on any atom is -0.380 e. The van der Waals surface area contributed by atoms with Gasteiger partial charge in [-0.3, -0.25) is 9.59 Å². The first-order chi connectivity index (χ1) is 16.7. The number of carbonyl (C=O) groups is 2. The van der Waals surface area contributed by atoms with E-state index in [4.69, 9.17) is 11.6 Å². The topological polar surface area (TPSA) is 108 Å². The molecule has 0 saturated heterocycles. The van der Waals surface area contributed by atoms with E-state index < -0.39 is 36.1 Å². The van der Waals surface area contributed by atoms with E-state index >= 15 is 0 Å². The van der Waals surface area contributed by atoms with Crippen LogP contribution in [0.2, 0.25) is 5.02 Å². The Balaban J connectivity index is 1.65. The molecule has 0 aliphatic rings. The highest BCUT2D eigenvalue weighted by atomic mass is 35.5. The minimum absolute atomic E-state index is 0.344. The van der Waals surface area contributed by atoms with E-state index in [1.54, 1.807) is 36.0 Å². The number of carbonyl (C=O) groups excluding carboxylic acids is 2. The van der Waals surface area contributed by atoms with Gasteiger partial charge in [0, 0.05) is 24.0 Å². The average molecular weight is 499 g/mol. The molecule has 0 fully saturated rings. The number of aliphatic hydroxyl groups is 2. The summed E-state index contributed by atoms with van der Waals surface area (Å²) in [6.07, 6.45) is 0.320. The van der Waals surface area contributed by atoms with Gasteiger partial charge in [-0.2, -0.15) is 5.10 Å². The van der Waals surface area contributed by atoms with E-state index in [9.17, 15) is 19.8 Å². The fraction of sp³-hybridized carbons (Fsp3) is 0.346. The maximum Gasteiger partial charge on any atom is 0.255 e. The molecule has 8 nitrogen and oxygen atoms in total. The summed E-state index contributed by atoms with van der Waals surface area (Å²) in [6, 6.07) is 15.5. The standard InChI is InChI=1S/C26H31ClN4O4/c1-4-14-30(18(3)20-7-5-8-21(27)16-20)26(35)24(33)23(32)25(34)29-17(2)19-9-11-22(12-10-19)31-15-6-13-28-31/h5-13,15-18,23-24,32-33H,4,14H2,1-3H3,(H,29,34)/t17-,18?,23-,24-/m1/s1. The number of aromatic nitrogens is 2. The van der Waals surface area contributed by atoms with E-state index in [2.05, 4.69) is 10.4 Å². The van der Waals surface area contributed by atoms with Crippen molar-refractivity contribution in [2.75, 3.05) is 6.54 Å². The van der Waals surface area contributed by atoms with Gasteiger partial charge in [-0.1, -0.05) is 42.8 Å². The Kier molecular flexibility index (Phi) is 9.03. The van der Waals surface area contributed by atoms with E-state index in [1.807, 2.05) is 56.4 Å². The zero-order valence-electron chi connectivity index (χ0n) is 20.0. The van der Waals surface area contributed by atoms with Gasteiger partial charge in [0.15, 0.2) is 12.2 Å². The lowest BCUT2D eigenvalue weighted by molar-refractivity contribution is -0.155. The molecule has 186 valence electrons. The highest BCUT2D eigenvalue weighted by Gasteiger charge is 2.35. The molecule has 1 unspecified atom stereocenters. The van der Waals surface area contributed by atoms with Crippen LogP contribution in [0.5, 0.6) is 0 Å². The van der Waals surface area contributed by atoms with Crippen LogP contribution >= 0.6 is 11.6 Å². The zero-order valence-corrected chi connectivity index (χ0v) is 20.8. The van der Waals surface area contributed by atoms with E-state index in [0.717, 1.165) is 16.8 Å². The number of amides is 2. The molecule has 0 radical (unpaired) electrons. The Morgan fingerprint density at radius 2 is 1.77 bits per heavy atom. The summed E-state index contributed by atoms with van der Waals surface area (Å²) in [6.45, 7) is 5.82. The molecule has 2 amide bonds. The summed E-state index contributed by atoms with van der Waals surface area (Å²) in [7, 11) is 0. The molecule has 35 heavy (non-hydrogen) atoms. The quantitative estimate of drug-likeness (QED) is 0.397. The second-order valence-corrected chi connectivity index (χ2v) is 8.86. The second kappa shape index (κ2) is 12.0. The molecule has 4 atom stereocenters. The Labute approximate surface area is 210 Å². The first-order valence-corrected chi connectivity index (χ1v) is 11.9. The van der Waals surface area contributed by atoms with Crippen LogP contribution in [-0.4, -0.2) is 55.5 Å². The Morgan fingerprint density at radius 1 is 1.06 bits per heavy atom. The van der Waals surface area contributed by atoms with Crippen LogP contribution in [0.15, 0.2) is 67.0 Å². The Morgan fingerprint density at radius 3 is 2.37 bits per heavy atom. The molecule has 3 N–H and O–H groups in total. The molecule has 0 bridgehead atoms. The van der Waals surface area contributed by atoms with Crippen molar-refractivity contribution in [1.82, 2.24) is 20.0 Å². The molecule has 0 aliphatic carbocycles. The number of benzene rings is 2.